The molecular weight excluding hydrogens is 134 g/mol. The van der Waals surface area contributed by atoms with Crippen LogP contribution in [0.2, 0.25) is 0 Å². The van der Waals surface area contributed by atoms with Gasteiger partial charge in [-0.25, -0.2) is 0 Å². The molecule has 1 nitrogen and oxygen atoms in total. The number of quaternary nitrogens is 1. The molecule has 0 radical (unpaired) electrons. The summed E-state index contributed by atoms with van der Waals surface area (Å²) in [5.41, 5.74) is 0. The third-order valence-corrected chi connectivity index (χ3v) is 2.29. The second-order valence-electron chi connectivity index (χ2n) is 2.57. The zero-order valence-electron chi connectivity index (χ0n) is 6.95. The maximum Gasteiger partial charge on any atom is 0.0755 e. The fourth-order valence-electron chi connectivity index (χ4n) is 0.671. The van der Waals surface area contributed by atoms with Gasteiger partial charge in [0.05, 0.1) is 26.7 Å². The Hall–Kier alpha value is 0.250. The molecule has 0 amide bonds. The summed E-state index contributed by atoms with van der Waals surface area (Å²) in [5, 5.41) is 0. The molecule has 0 unspecified atom stereocenters. The fourth-order valence-corrected chi connectivity index (χ4v) is 0.671. The normalized spacial score (nSPS) is 10.7. The zero-order chi connectivity index (χ0) is 6.62. The van der Waals surface area contributed by atoms with E-state index in [0.717, 1.165) is 0 Å². The smallest absolute Gasteiger partial charge is 0.0755 e. The molecule has 0 spiro atoms. The lowest BCUT2D eigenvalue weighted by Gasteiger charge is -2.30. The van der Waals surface area contributed by atoms with E-state index in [2.05, 4.69) is 27.8 Å². The van der Waals surface area contributed by atoms with Crippen molar-refractivity contribution < 1.29 is 16.9 Å². The van der Waals surface area contributed by atoms with Crippen molar-refractivity contribution in [1.82, 2.24) is 0 Å². The van der Waals surface area contributed by atoms with E-state index in [-0.39, 0.29) is 12.4 Å². The minimum Gasteiger partial charge on any atom is -1.00 e. The van der Waals surface area contributed by atoms with Crippen LogP contribution in [0.5, 0.6) is 0 Å². The lowest BCUT2D eigenvalue weighted by atomic mass is 10.4. The van der Waals surface area contributed by atoms with E-state index in [1.807, 2.05) is 0 Å². The second kappa shape index (κ2) is 5.07. The van der Waals surface area contributed by atoms with Crippen molar-refractivity contribution in [2.75, 3.05) is 26.7 Å². The molecule has 0 N–H and O–H groups in total. The van der Waals surface area contributed by atoms with Crippen LogP contribution >= 0.6 is 0 Å². The van der Waals surface area contributed by atoms with Crippen molar-refractivity contribution in [1.29, 1.82) is 0 Å². The Morgan fingerprint density at radius 1 is 0.889 bits per heavy atom. The third-order valence-electron chi connectivity index (χ3n) is 2.29. The molecule has 58 valence electrons. The molecule has 0 aromatic heterocycles. The van der Waals surface area contributed by atoms with Crippen molar-refractivity contribution in [2.24, 2.45) is 0 Å². The number of nitrogens with zero attached hydrogens (tertiary/aromatic N) is 1. The molecular formula is C7H18ClN. The summed E-state index contributed by atoms with van der Waals surface area (Å²) in [6.45, 7) is 10.5. The zero-order valence-corrected chi connectivity index (χ0v) is 7.70. The Balaban J connectivity index is 0. The second-order valence-corrected chi connectivity index (χ2v) is 2.57. The van der Waals surface area contributed by atoms with Crippen molar-refractivity contribution in [3.8, 4) is 0 Å². The minimum absolute atomic E-state index is 0. The van der Waals surface area contributed by atoms with Crippen LogP contribution in [0.15, 0.2) is 0 Å². The Bertz CT molecular complexity index is 51.7. The average molecular weight is 152 g/mol. The van der Waals surface area contributed by atoms with Gasteiger partial charge in [-0.05, 0) is 20.8 Å². The molecule has 0 saturated heterocycles. The molecule has 0 rings (SSSR count). The molecule has 0 heterocycles. The van der Waals surface area contributed by atoms with Crippen molar-refractivity contribution in [3.63, 3.8) is 0 Å². The van der Waals surface area contributed by atoms with E-state index in [4.69, 9.17) is 0 Å². The summed E-state index contributed by atoms with van der Waals surface area (Å²) in [5.74, 6) is 0. The van der Waals surface area contributed by atoms with Gasteiger partial charge in [0.1, 0.15) is 0 Å². The minimum atomic E-state index is 0. The highest BCUT2D eigenvalue weighted by Crippen LogP contribution is 1.97. The monoisotopic (exact) mass is 151 g/mol. The molecule has 0 aliphatic heterocycles. The van der Waals surface area contributed by atoms with Gasteiger partial charge in [0.15, 0.2) is 0 Å². The van der Waals surface area contributed by atoms with Gasteiger partial charge in [0, 0.05) is 0 Å². The van der Waals surface area contributed by atoms with Gasteiger partial charge in [0.25, 0.3) is 0 Å². The summed E-state index contributed by atoms with van der Waals surface area (Å²) in [4.78, 5) is 0. The van der Waals surface area contributed by atoms with Crippen LogP contribution in [0.25, 0.3) is 0 Å². The first kappa shape index (κ1) is 12.0. The van der Waals surface area contributed by atoms with E-state index in [0.29, 0.717) is 0 Å². The summed E-state index contributed by atoms with van der Waals surface area (Å²) < 4.78 is 1.21. The number of rotatable bonds is 3. The SMILES string of the molecule is CC[N+](C)(CC)CC.[Cl-]. The van der Waals surface area contributed by atoms with E-state index in [1.54, 1.807) is 0 Å². The van der Waals surface area contributed by atoms with E-state index in [9.17, 15) is 0 Å². The molecule has 0 aromatic rings. The van der Waals surface area contributed by atoms with Crippen LogP contribution in [-0.2, 0) is 0 Å². The van der Waals surface area contributed by atoms with Gasteiger partial charge in [-0.15, -0.1) is 0 Å². The summed E-state index contributed by atoms with van der Waals surface area (Å²) in [7, 11) is 2.29. The fraction of sp³-hybridized carbons (Fsp3) is 1.00. The third kappa shape index (κ3) is 3.77. The lowest BCUT2D eigenvalue weighted by Crippen LogP contribution is -3.00. The number of halogens is 1. The molecule has 9 heavy (non-hydrogen) atoms. The number of hydrogen-bond acceptors (Lipinski definition) is 0. The molecule has 0 aliphatic rings. The Morgan fingerprint density at radius 3 is 1.11 bits per heavy atom. The summed E-state index contributed by atoms with van der Waals surface area (Å²) >= 11 is 0. The Morgan fingerprint density at radius 2 is 1.11 bits per heavy atom. The molecule has 0 fully saturated rings. The molecule has 2 heteroatoms. The van der Waals surface area contributed by atoms with Gasteiger partial charge in [-0.3, -0.25) is 0 Å². The Labute approximate surface area is 65.1 Å². The van der Waals surface area contributed by atoms with Crippen molar-refractivity contribution in [3.05, 3.63) is 0 Å². The first-order valence-electron chi connectivity index (χ1n) is 3.52. The maximum atomic E-state index is 2.29. The van der Waals surface area contributed by atoms with Crippen molar-refractivity contribution in [2.45, 2.75) is 20.8 Å². The van der Waals surface area contributed by atoms with E-state index >= 15 is 0 Å². The first-order valence-corrected chi connectivity index (χ1v) is 3.52. The van der Waals surface area contributed by atoms with Gasteiger partial charge in [0.2, 0.25) is 0 Å². The lowest BCUT2D eigenvalue weighted by molar-refractivity contribution is -0.904. The highest BCUT2D eigenvalue weighted by atomic mass is 35.5. The van der Waals surface area contributed by atoms with Crippen LogP contribution in [0.1, 0.15) is 20.8 Å². The summed E-state index contributed by atoms with van der Waals surface area (Å²) in [6.07, 6.45) is 0. The Kier molecular flexibility index (Phi) is 6.74. The van der Waals surface area contributed by atoms with Gasteiger partial charge in [-0.1, -0.05) is 0 Å². The van der Waals surface area contributed by atoms with Crippen molar-refractivity contribution >= 4 is 0 Å². The predicted octanol–water partition coefficient (Wildman–Crippen LogP) is -1.50. The van der Waals surface area contributed by atoms with E-state index < -0.39 is 0 Å². The standard InChI is InChI=1S/C7H18N.ClH/c1-5-8(4,6-2)7-3;/h5-7H2,1-4H3;1H/q+1;/p-1. The molecule has 0 atom stereocenters. The molecule has 0 aliphatic carbocycles. The molecule has 0 aromatic carbocycles. The topological polar surface area (TPSA) is 0 Å². The quantitative estimate of drug-likeness (QED) is 0.431. The van der Waals surface area contributed by atoms with Gasteiger partial charge in [-0.2, -0.15) is 0 Å². The molecule has 0 bridgehead atoms. The number of hydrogen-bond donors (Lipinski definition) is 0. The van der Waals surface area contributed by atoms with Crippen LogP contribution < -0.4 is 12.4 Å². The van der Waals surface area contributed by atoms with Crippen LogP contribution in [-0.4, -0.2) is 31.2 Å². The van der Waals surface area contributed by atoms with Crippen LogP contribution in [0.3, 0.4) is 0 Å². The highest BCUT2D eigenvalue weighted by Gasteiger charge is 2.10. The van der Waals surface area contributed by atoms with Crippen LogP contribution in [0, 0.1) is 0 Å². The van der Waals surface area contributed by atoms with Gasteiger partial charge < -0.3 is 16.9 Å². The first-order chi connectivity index (χ1) is 3.68. The largest absolute Gasteiger partial charge is 1.00 e. The highest BCUT2D eigenvalue weighted by molar-refractivity contribution is 4.24. The van der Waals surface area contributed by atoms with Crippen LogP contribution in [0.4, 0.5) is 0 Å². The van der Waals surface area contributed by atoms with E-state index in [1.165, 1.54) is 24.1 Å². The molecule has 0 saturated carbocycles. The van der Waals surface area contributed by atoms with Gasteiger partial charge >= 0.3 is 0 Å². The summed E-state index contributed by atoms with van der Waals surface area (Å²) in [6, 6.07) is 0. The maximum absolute atomic E-state index is 2.29. The average Bonchev–Trinajstić information content (AvgIpc) is 1.87. The predicted molar refractivity (Wildman–Crippen MR) is 37.8 cm³/mol.